The molecule has 0 N–H and O–H groups in total. The molecule has 2 bridgehead atoms. The minimum atomic E-state index is -0.0571. The van der Waals surface area contributed by atoms with E-state index in [1.807, 2.05) is 36.1 Å². The van der Waals surface area contributed by atoms with Gasteiger partial charge < -0.3 is 18.9 Å². The third-order valence-corrected chi connectivity index (χ3v) is 6.87. The van der Waals surface area contributed by atoms with Crippen LogP contribution in [0.3, 0.4) is 0 Å². The number of amides is 1. The minimum Gasteiger partial charge on any atom is -0.491 e. The highest BCUT2D eigenvalue weighted by Gasteiger charge is 2.30. The number of rotatable bonds is 2. The first-order chi connectivity index (χ1) is 17.7. The third-order valence-electron chi connectivity index (χ3n) is 6.87. The van der Waals surface area contributed by atoms with Crippen molar-refractivity contribution in [3.8, 4) is 5.75 Å². The maximum Gasteiger partial charge on any atom is 0.259 e. The molecule has 1 fully saturated rings. The van der Waals surface area contributed by atoms with E-state index in [0.717, 1.165) is 41.8 Å². The van der Waals surface area contributed by atoms with E-state index < -0.39 is 0 Å². The number of para-hydroxylation sites is 1. The van der Waals surface area contributed by atoms with Crippen molar-refractivity contribution in [2.75, 3.05) is 26.4 Å². The van der Waals surface area contributed by atoms with Gasteiger partial charge in [0.2, 0.25) is 0 Å². The summed E-state index contributed by atoms with van der Waals surface area (Å²) in [6.07, 6.45) is 2.94. The van der Waals surface area contributed by atoms with Crippen molar-refractivity contribution >= 4 is 17.0 Å². The van der Waals surface area contributed by atoms with Crippen molar-refractivity contribution in [2.45, 2.75) is 38.6 Å². The Hall–Kier alpha value is -3.71. The fourth-order valence-corrected chi connectivity index (χ4v) is 4.85. The molecular formula is C29H29N3O4. The van der Waals surface area contributed by atoms with Crippen LogP contribution in [-0.2, 0) is 17.7 Å². The second-order valence-electron chi connectivity index (χ2n) is 9.61. The lowest BCUT2D eigenvalue weighted by molar-refractivity contribution is 0.0572. The number of hydrogen-bond acceptors (Lipinski definition) is 6. The Morgan fingerprint density at radius 3 is 2.75 bits per heavy atom. The standard InChI is InChI=1S/C29H29N3O4/c1-19-27-24(17-25(22-9-10-22)30-28(27)36-31-19)29(33)32-11-12-34-13-14-35-26-8-3-2-7-23(26)16-20-5-4-6-21(15-20)18-32/h2-8,15,17,22H,9-14,16,18H2,1H3. The van der Waals surface area contributed by atoms with Gasteiger partial charge in [-0.1, -0.05) is 47.6 Å². The summed E-state index contributed by atoms with van der Waals surface area (Å²) in [5, 5.41) is 4.80. The molecule has 1 amide bonds. The van der Waals surface area contributed by atoms with Gasteiger partial charge in [-0.05, 0) is 48.6 Å². The zero-order valence-corrected chi connectivity index (χ0v) is 20.4. The molecule has 1 aliphatic carbocycles. The molecule has 36 heavy (non-hydrogen) atoms. The molecule has 1 aliphatic heterocycles. The van der Waals surface area contributed by atoms with Crippen molar-refractivity contribution in [2.24, 2.45) is 0 Å². The summed E-state index contributed by atoms with van der Waals surface area (Å²) in [6.45, 7) is 4.14. The van der Waals surface area contributed by atoms with Gasteiger partial charge in [-0.15, -0.1) is 0 Å². The lowest BCUT2D eigenvalue weighted by Crippen LogP contribution is -2.34. The zero-order chi connectivity index (χ0) is 24.5. The Morgan fingerprint density at radius 1 is 1.00 bits per heavy atom. The van der Waals surface area contributed by atoms with Crippen molar-refractivity contribution in [3.63, 3.8) is 0 Å². The summed E-state index contributed by atoms with van der Waals surface area (Å²) in [4.78, 5) is 20.5. The number of ether oxygens (including phenoxy) is 2. The normalized spacial score (nSPS) is 16.8. The third kappa shape index (κ3) is 4.71. The molecular weight excluding hydrogens is 454 g/mol. The molecule has 3 heterocycles. The van der Waals surface area contributed by atoms with Crippen LogP contribution >= 0.6 is 0 Å². The summed E-state index contributed by atoms with van der Waals surface area (Å²) in [5.41, 5.74) is 6.03. The van der Waals surface area contributed by atoms with E-state index in [9.17, 15) is 4.79 Å². The molecule has 6 rings (SSSR count). The number of hydrogen-bond donors (Lipinski definition) is 0. The number of carbonyl (C=O) groups excluding carboxylic acids is 1. The number of benzene rings is 2. The molecule has 0 saturated heterocycles. The van der Waals surface area contributed by atoms with Crippen LogP contribution in [0.2, 0.25) is 0 Å². The molecule has 1 saturated carbocycles. The molecule has 0 radical (unpaired) electrons. The van der Waals surface area contributed by atoms with Crippen molar-refractivity contribution in [1.82, 2.24) is 15.0 Å². The van der Waals surface area contributed by atoms with Gasteiger partial charge in [-0.3, -0.25) is 4.79 Å². The monoisotopic (exact) mass is 483 g/mol. The molecule has 7 heteroatoms. The number of nitrogens with zero attached hydrogens (tertiary/aromatic N) is 3. The fourth-order valence-electron chi connectivity index (χ4n) is 4.85. The highest BCUT2D eigenvalue weighted by atomic mass is 16.5. The van der Waals surface area contributed by atoms with E-state index >= 15 is 0 Å². The predicted molar refractivity (Wildman–Crippen MR) is 135 cm³/mol. The lowest BCUT2D eigenvalue weighted by atomic mass is 10.0. The first-order valence-corrected chi connectivity index (χ1v) is 12.6. The van der Waals surface area contributed by atoms with Crippen molar-refractivity contribution in [1.29, 1.82) is 0 Å². The SMILES string of the molecule is Cc1noc2nc(C3CC3)cc(C(=O)N3CCOCCOc4ccccc4Cc4cccc(c4)C3)c12. The Bertz CT molecular complexity index is 1410. The summed E-state index contributed by atoms with van der Waals surface area (Å²) >= 11 is 0. The average molecular weight is 484 g/mol. The number of carbonyl (C=O) groups is 1. The van der Waals surface area contributed by atoms with Crippen LogP contribution in [-0.4, -0.2) is 47.3 Å². The zero-order valence-electron chi connectivity index (χ0n) is 20.4. The molecule has 2 aliphatic rings. The molecule has 184 valence electrons. The highest BCUT2D eigenvalue weighted by Crippen LogP contribution is 2.40. The molecule has 2 aromatic carbocycles. The maximum absolute atomic E-state index is 14.0. The quantitative estimate of drug-likeness (QED) is 0.397. The van der Waals surface area contributed by atoms with Crippen LogP contribution in [0, 0.1) is 6.92 Å². The van der Waals surface area contributed by atoms with Crippen molar-refractivity contribution < 1.29 is 18.8 Å². The van der Waals surface area contributed by atoms with E-state index in [0.29, 0.717) is 61.2 Å². The van der Waals surface area contributed by atoms with E-state index in [2.05, 4.69) is 40.5 Å². The molecule has 7 nitrogen and oxygen atoms in total. The van der Waals surface area contributed by atoms with E-state index in [1.54, 1.807) is 0 Å². The predicted octanol–water partition coefficient (Wildman–Crippen LogP) is 5.05. The smallest absolute Gasteiger partial charge is 0.259 e. The van der Waals surface area contributed by atoms with Gasteiger partial charge >= 0.3 is 0 Å². The number of fused-ring (bicyclic) bond motifs is 4. The van der Waals surface area contributed by atoms with Gasteiger partial charge in [0.1, 0.15) is 12.4 Å². The van der Waals surface area contributed by atoms with Gasteiger partial charge in [0.25, 0.3) is 11.6 Å². The molecule has 4 aromatic rings. The van der Waals surface area contributed by atoms with Crippen LogP contribution in [0.15, 0.2) is 59.1 Å². The van der Waals surface area contributed by atoms with E-state index in [1.165, 1.54) is 5.56 Å². The van der Waals surface area contributed by atoms with Gasteiger partial charge in [0.15, 0.2) is 0 Å². The van der Waals surface area contributed by atoms with Crippen LogP contribution < -0.4 is 4.74 Å². The Labute approximate surface area is 210 Å². The molecule has 0 unspecified atom stereocenters. The fraction of sp³-hybridized carbons (Fsp3) is 0.345. The summed E-state index contributed by atoms with van der Waals surface area (Å²) in [5.74, 6) is 1.23. The Balaban J connectivity index is 1.34. The van der Waals surface area contributed by atoms with Crippen LogP contribution in [0.1, 0.15) is 57.2 Å². The molecule has 0 spiro atoms. The highest BCUT2D eigenvalue weighted by molar-refractivity contribution is 6.06. The number of pyridine rings is 1. The van der Waals surface area contributed by atoms with Gasteiger partial charge in [-0.25, -0.2) is 4.98 Å². The lowest BCUT2D eigenvalue weighted by Gasteiger charge is -2.24. The summed E-state index contributed by atoms with van der Waals surface area (Å²) in [6, 6.07) is 18.5. The van der Waals surface area contributed by atoms with Gasteiger partial charge in [0, 0.05) is 31.1 Å². The molecule has 0 atom stereocenters. The van der Waals surface area contributed by atoms with Gasteiger partial charge in [-0.2, -0.15) is 0 Å². The second-order valence-corrected chi connectivity index (χ2v) is 9.61. The van der Waals surface area contributed by atoms with Crippen LogP contribution in [0.4, 0.5) is 0 Å². The topological polar surface area (TPSA) is 77.7 Å². The first-order valence-electron chi connectivity index (χ1n) is 12.6. The van der Waals surface area contributed by atoms with Gasteiger partial charge in [0.05, 0.1) is 29.9 Å². The summed E-state index contributed by atoms with van der Waals surface area (Å²) in [7, 11) is 0. The average Bonchev–Trinajstić information content (AvgIpc) is 3.68. The number of aromatic nitrogens is 2. The van der Waals surface area contributed by atoms with E-state index in [4.69, 9.17) is 14.0 Å². The Morgan fingerprint density at radius 2 is 1.86 bits per heavy atom. The Kier molecular flexibility index (Phi) is 6.15. The van der Waals surface area contributed by atoms with Crippen LogP contribution in [0.5, 0.6) is 5.75 Å². The van der Waals surface area contributed by atoms with Crippen molar-refractivity contribution in [3.05, 3.63) is 88.2 Å². The number of aryl methyl sites for hydroxylation is 1. The molecule has 2 aromatic heterocycles. The van der Waals surface area contributed by atoms with E-state index in [-0.39, 0.29) is 5.91 Å². The minimum absolute atomic E-state index is 0.0571. The van der Waals surface area contributed by atoms with Crippen LogP contribution in [0.25, 0.3) is 11.1 Å². The second kappa shape index (κ2) is 9.74. The summed E-state index contributed by atoms with van der Waals surface area (Å²) < 4.78 is 17.4. The maximum atomic E-state index is 14.0. The first kappa shape index (κ1) is 22.7. The largest absolute Gasteiger partial charge is 0.491 e.